The highest BCUT2D eigenvalue weighted by Gasteiger charge is 2.07. The fourth-order valence-electron chi connectivity index (χ4n) is 2.15. The first-order valence-electron chi connectivity index (χ1n) is 6.69. The second-order valence-electron chi connectivity index (χ2n) is 4.74. The van der Waals surface area contributed by atoms with E-state index in [2.05, 4.69) is 15.5 Å². The summed E-state index contributed by atoms with van der Waals surface area (Å²) in [6.07, 6.45) is 1.67. The SMILES string of the molecule is Bc1cc(O)cc(OC)c1/C=N/Nc1nc2ccccc2s1. The van der Waals surface area contributed by atoms with Gasteiger partial charge in [0.2, 0.25) is 5.13 Å². The molecule has 7 heteroatoms. The van der Waals surface area contributed by atoms with Gasteiger partial charge in [-0.1, -0.05) is 28.9 Å². The van der Waals surface area contributed by atoms with E-state index < -0.39 is 0 Å². The fraction of sp³-hybridized carbons (Fsp3) is 0.0667. The second-order valence-corrected chi connectivity index (χ2v) is 5.77. The zero-order valence-corrected chi connectivity index (χ0v) is 13.0. The van der Waals surface area contributed by atoms with E-state index in [1.807, 2.05) is 32.1 Å². The Morgan fingerprint density at radius 2 is 2.18 bits per heavy atom. The number of thiazole rings is 1. The number of aromatic nitrogens is 1. The van der Waals surface area contributed by atoms with Crippen molar-refractivity contribution in [2.75, 3.05) is 12.5 Å². The van der Waals surface area contributed by atoms with E-state index in [9.17, 15) is 5.11 Å². The monoisotopic (exact) mass is 311 g/mol. The molecular weight excluding hydrogens is 297 g/mol. The first-order valence-corrected chi connectivity index (χ1v) is 7.51. The maximum atomic E-state index is 9.59. The second kappa shape index (κ2) is 6.07. The minimum atomic E-state index is 0.172. The molecule has 0 atom stereocenters. The summed E-state index contributed by atoms with van der Waals surface area (Å²) in [5.74, 6) is 0.748. The molecule has 0 amide bonds. The Labute approximate surface area is 132 Å². The molecule has 0 fully saturated rings. The predicted molar refractivity (Wildman–Crippen MR) is 93.7 cm³/mol. The van der Waals surface area contributed by atoms with Gasteiger partial charge in [0.05, 0.1) is 23.5 Å². The highest BCUT2D eigenvalue weighted by molar-refractivity contribution is 7.22. The minimum absolute atomic E-state index is 0.172. The van der Waals surface area contributed by atoms with E-state index in [-0.39, 0.29) is 5.75 Å². The lowest BCUT2D eigenvalue weighted by Gasteiger charge is -2.08. The van der Waals surface area contributed by atoms with Crippen molar-refractivity contribution in [3.63, 3.8) is 0 Å². The van der Waals surface area contributed by atoms with Gasteiger partial charge in [0.25, 0.3) is 0 Å². The van der Waals surface area contributed by atoms with Gasteiger partial charge >= 0.3 is 0 Å². The summed E-state index contributed by atoms with van der Waals surface area (Å²) in [7, 11) is 3.45. The van der Waals surface area contributed by atoms with E-state index in [0.717, 1.165) is 26.4 Å². The van der Waals surface area contributed by atoms with Gasteiger partial charge in [0.1, 0.15) is 19.3 Å². The van der Waals surface area contributed by atoms with Crippen LogP contribution in [-0.4, -0.2) is 31.3 Å². The average Bonchev–Trinajstić information content (AvgIpc) is 2.91. The highest BCUT2D eigenvalue weighted by Crippen LogP contribution is 2.25. The van der Waals surface area contributed by atoms with Crippen molar-refractivity contribution in [2.45, 2.75) is 0 Å². The summed E-state index contributed by atoms with van der Waals surface area (Å²) in [5.41, 5.74) is 5.58. The Morgan fingerprint density at radius 1 is 1.36 bits per heavy atom. The van der Waals surface area contributed by atoms with Crippen LogP contribution in [0.4, 0.5) is 5.13 Å². The molecular formula is C15H14BN3O2S. The molecule has 0 saturated heterocycles. The number of phenols is 1. The molecule has 2 N–H and O–H groups in total. The quantitative estimate of drug-likeness (QED) is 0.437. The molecule has 1 aromatic heterocycles. The highest BCUT2D eigenvalue weighted by atomic mass is 32.1. The molecule has 110 valence electrons. The van der Waals surface area contributed by atoms with Crippen LogP contribution in [0.3, 0.4) is 0 Å². The molecule has 0 spiro atoms. The van der Waals surface area contributed by atoms with Crippen molar-refractivity contribution in [1.82, 2.24) is 4.98 Å². The smallest absolute Gasteiger partial charge is 0.204 e. The number of para-hydroxylation sites is 1. The number of phenolic OH excluding ortho intramolecular Hbond substituents is 1. The summed E-state index contributed by atoms with van der Waals surface area (Å²) in [4.78, 5) is 4.45. The largest absolute Gasteiger partial charge is 0.508 e. The van der Waals surface area contributed by atoms with E-state index in [1.54, 1.807) is 36.8 Å². The fourth-order valence-corrected chi connectivity index (χ4v) is 2.97. The van der Waals surface area contributed by atoms with Gasteiger partial charge in [-0.2, -0.15) is 5.10 Å². The normalized spacial score (nSPS) is 11.1. The van der Waals surface area contributed by atoms with Crippen molar-refractivity contribution in [3.8, 4) is 11.5 Å². The molecule has 0 unspecified atom stereocenters. The van der Waals surface area contributed by atoms with Crippen LogP contribution in [-0.2, 0) is 0 Å². The van der Waals surface area contributed by atoms with Gasteiger partial charge in [0, 0.05) is 11.6 Å². The molecule has 5 nitrogen and oxygen atoms in total. The number of fused-ring (bicyclic) bond motifs is 1. The predicted octanol–water partition coefficient (Wildman–Crippen LogP) is 1.71. The Morgan fingerprint density at radius 3 is 2.95 bits per heavy atom. The van der Waals surface area contributed by atoms with Crippen LogP contribution >= 0.6 is 11.3 Å². The summed E-state index contributed by atoms with van der Waals surface area (Å²) < 4.78 is 6.38. The maximum absolute atomic E-state index is 9.59. The third-order valence-electron chi connectivity index (χ3n) is 3.20. The van der Waals surface area contributed by atoms with Crippen LogP contribution in [0.5, 0.6) is 11.5 Å². The van der Waals surface area contributed by atoms with E-state index in [1.165, 1.54) is 0 Å². The van der Waals surface area contributed by atoms with Crippen molar-refractivity contribution in [3.05, 3.63) is 42.0 Å². The molecule has 0 aliphatic rings. The van der Waals surface area contributed by atoms with Gasteiger partial charge in [-0.05, 0) is 18.2 Å². The number of anilines is 1. The van der Waals surface area contributed by atoms with Gasteiger partial charge in [-0.15, -0.1) is 0 Å². The topological polar surface area (TPSA) is 66.7 Å². The van der Waals surface area contributed by atoms with Crippen LogP contribution in [0.2, 0.25) is 0 Å². The Bertz CT molecular complexity index is 815. The number of hydrogen-bond donors (Lipinski definition) is 2. The lowest BCUT2D eigenvalue weighted by Crippen LogP contribution is -2.12. The maximum Gasteiger partial charge on any atom is 0.204 e. The number of methoxy groups -OCH3 is 1. The number of hydrogen-bond acceptors (Lipinski definition) is 6. The average molecular weight is 311 g/mol. The first kappa shape index (κ1) is 14.4. The van der Waals surface area contributed by atoms with Crippen molar-refractivity contribution < 1.29 is 9.84 Å². The summed E-state index contributed by atoms with van der Waals surface area (Å²) >= 11 is 1.54. The molecule has 0 radical (unpaired) electrons. The summed E-state index contributed by atoms with van der Waals surface area (Å²) in [6.45, 7) is 0. The van der Waals surface area contributed by atoms with Gasteiger partial charge < -0.3 is 9.84 Å². The van der Waals surface area contributed by atoms with Crippen LogP contribution in [0.1, 0.15) is 5.56 Å². The molecule has 22 heavy (non-hydrogen) atoms. The van der Waals surface area contributed by atoms with Crippen molar-refractivity contribution in [1.29, 1.82) is 0 Å². The summed E-state index contributed by atoms with van der Waals surface area (Å²) in [5, 5.41) is 14.5. The number of nitrogens with one attached hydrogen (secondary N) is 1. The number of nitrogens with zero attached hydrogens (tertiary/aromatic N) is 2. The van der Waals surface area contributed by atoms with Crippen LogP contribution in [0.15, 0.2) is 41.5 Å². The van der Waals surface area contributed by atoms with E-state index in [4.69, 9.17) is 4.74 Å². The third-order valence-corrected chi connectivity index (χ3v) is 4.14. The van der Waals surface area contributed by atoms with Gasteiger partial charge in [0.15, 0.2) is 0 Å². The standard InChI is InChI=1S/C15H14BN3O2S/c1-21-13-7-9(20)6-11(16)10(13)8-17-19-15-18-12-4-2-3-5-14(12)22-15/h2-8,20H,16H2,1H3,(H,18,19)/b17-8+. The molecule has 0 bridgehead atoms. The van der Waals surface area contributed by atoms with Crippen LogP contribution in [0.25, 0.3) is 10.2 Å². The van der Waals surface area contributed by atoms with Crippen LogP contribution < -0.4 is 15.6 Å². The third kappa shape index (κ3) is 2.89. The number of rotatable bonds is 4. The minimum Gasteiger partial charge on any atom is -0.508 e. The Kier molecular flexibility index (Phi) is 3.97. The lowest BCUT2D eigenvalue weighted by molar-refractivity contribution is 0.407. The molecule has 0 saturated carbocycles. The number of ether oxygens (including phenoxy) is 1. The molecule has 2 aromatic carbocycles. The zero-order valence-electron chi connectivity index (χ0n) is 12.2. The Hall–Kier alpha value is -2.54. The summed E-state index contributed by atoms with van der Waals surface area (Å²) in [6, 6.07) is 11.2. The Balaban J connectivity index is 1.82. The van der Waals surface area contributed by atoms with Crippen molar-refractivity contribution in [2.24, 2.45) is 5.10 Å². The van der Waals surface area contributed by atoms with Gasteiger partial charge in [-0.25, -0.2) is 4.98 Å². The molecule has 3 rings (SSSR count). The van der Waals surface area contributed by atoms with Crippen LogP contribution in [0, 0.1) is 0 Å². The molecule has 0 aliphatic carbocycles. The number of aromatic hydroxyl groups is 1. The van der Waals surface area contributed by atoms with Gasteiger partial charge in [-0.3, -0.25) is 5.43 Å². The molecule has 0 aliphatic heterocycles. The number of hydrazone groups is 1. The first-order chi connectivity index (χ1) is 10.7. The molecule has 1 heterocycles. The zero-order chi connectivity index (χ0) is 15.5. The number of benzene rings is 2. The van der Waals surface area contributed by atoms with E-state index in [0.29, 0.717) is 5.75 Å². The van der Waals surface area contributed by atoms with Crippen molar-refractivity contribution >= 4 is 46.2 Å². The molecule has 3 aromatic rings. The van der Waals surface area contributed by atoms with E-state index >= 15 is 0 Å². The lowest BCUT2D eigenvalue weighted by atomic mass is 9.90.